The normalized spacial score (nSPS) is 19.0. The lowest BCUT2D eigenvalue weighted by Crippen LogP contribution is -2.36. The zero-order valence-electron chi connectivity index (χ0n) is 16.1. The molecule has 2 aromatic heterocycles. The summed E-state index contributed by atoms with van der Waals surface area (Å²) >= 11 is 1.72. The second-order valence-corrected chi connectivity index (χ2v) is 8.64. The largest absolute Gasteiger partial charge is 0.361 e. The number of benzene rings is 2. The summed E-state index contributed by atoms with van der Waals surface area (Å²) in [5.74, 6) is 0.243. The summed E-state index contributed by atoms with van der Waals surface area (Å²) in [4.78, 5) is 21.1. The predicted octanol–water partition coefficient (Wildman–Crippen LogP) is 5.19. The van der Waals surface area contributed by atoms with E-state index in [1.807, 2.05) is 30.5 Å². The van der Waals surface area contributed by atoms with Crippen LogP contribution < -0.4 is 5.32 Å². The smallest absolute Gasteiger partial charge is 0.224 e. The fraction of sp³-hybridized carbons (Fsp3) is 0.250. The minimum absolute atomic E-state index is 0.0523. The van der Waals surface area contributed by atoms with E-state index in [-0.39, 0.29) is 17.7 Å². The van der Waals surface area contributed by atoms with Crippen LogP contribution in [0.4, 0.5) is 0 Å². The number of thiazole rings is 1. The van der Waals surface area contributed by atoms with Crippen molar-refractivity contribution >= 4 is 38.4 Å². The van der Waals surface area contributed by atoms with Crippen molar-refractivity contribution in [2.45, 2.75) is 25.2 Å². The number of nitrogens with zero attached hydrogens (tertiary/aromatic N) is 1. The van der Waals surface area contributed by atoms with E-state index in [9.17, 15) is 4.79 Å². The lowest BCUT2D eigenvalue weighted by Gasteiger charge is -2.26. The Balaban J connectivity index is 1.28. The molecule has 0 saturated carbocycles. The molecule has 0 radical (unpaired) electrons. The van der Waals surface area contributed by atoms with E-state index in [1.165, 1.54) is 15.6 Å². The van der Waals surface area contributed by atoms with Crippen molar-refractivity contribution < 1.29 is 4.79 Å². The molecule has 2 unspecified atom stereocenters. The molecule has 1 aliphatic carbocycles. The fourth-order valence-electron chi connectivity index (χ4n) is 4.22. The maximum Gasteiger partial charge on any atom is 0.224 e. The Bertz CT molecular complexity index is 1160. The topological polar surface area (TPSA) is 57.8 Å². The molecule has 1 amide bonds. The molecule has 0 bridgehead atoms. The average Bonchev–Trinajstić information content (AvgIpc) is 3.38. The van der Waals surface area contributed by atoms with Gasteiger partial charge in [-0.05, 0) is 43.0 Å². The molecule has 4 nitrogen and oxygen atoms in total. The SMILES string of the molecule is O=C(NCCc1c[nH]c2ccccc12)C1CC=CCC1c1nc2ccccc2s1. The first-order valence-electron chi connectivity index (χ1n) is 10.1. The summed E-state index contributed by atoms with van der Waals surface area (Å²) in [6.07, 6.45) is 8.84. The molecular weight excluding hydrogens is 378 g/mol. The van der Waals surface area contributed by atoms with Gasteiger partial charge < -0.3 is 10.3 Å². The number of amides is 1. The number of hydrogen-bond donors (Lipinski definition) is 2. The zero-order valence-corrected chi connectivity index (χ0v) is 16.9. The zero-order chi connectivity index (χ0) is 19.6. The summed E-state index contributed by atoms with van der Waals surface area (Å²) in [6.45, 7) is 0.646. The number of fused-ring (bicyclic) bond motifs is 2. The van der Waals surface area contributed by atoms with Gasteiger partial charge in [0.15, 0.2) is 0 Å². The van der Waals surface area contributed by atoms with E-state index in [2.05, 4.69) is 46.7 Å². The molecule has 2 heterocycles. The number of carbonyl (C=O) groups is 1. The maximum atomic E-state index is 13.0. The Kier molecular flexibility index (Phi) is 4.90. The van der Waals surface area contributed by atoms with Crippen LogP contribution >= 0.6 is 11.3 Å². The van der Waals surface area contributed by atoms with E-state index in [4.69, 9.17) is 4.98 Å². The third-order valence-electron chi connectivity index (χ3n) is 5.77. The van der Waals surface area contributed by atoms with Crippen molar-refractivity contribution in [1.82, 2.24) is 15.3 Å². The van der Waals surface area contributed by atoms with Crippen molar-refractivity contribution in [2.24, 2.45) is 5.92 Å². The lowest BCUT2D eigenvalue weighted by atomic mass is 9.82. The number of carbonyl (C=O) groups excluding carboxylic acids is 1. The summed E-state index contributed by atoms with van der Waals surface area (Å²) in [5, 5.41) is 5.49. The Morgan fingerprint density at radius 1 is 1.10 bits per heavy atom. The first kappa shape index (κ1) is 18.1. The minimum atomic E-state index is -0.0523. The molecule has 5 heteroatoms. The van der Waals surface area contributed by atoms with Crippen molar-refractivity contribution in [1.29, 1.82) is 0 Å². The summed E-state index contributed by atoms with van der Waals surface area (Å²) < 4.78 is 1.19. The average molecular weight is 402 g/mol. The number of aromatic nitrogens is 2. The van der Waals surface area contributed by atoms with Gasteiger partial charge in [-0.1, -0.05) is 42.5 Å². The first-order chi connectivity index (χ1) is 14.3. The second kappa shape index (κ2) is 7.84. The Hall–Kier alpha value is -2.92. The van der Waals surface area contributed by atoms with Gasteiger partial charge in [0.1, 0.15) is 0 Å². The molecule has 2 aromatic carbocycles. The summed E-state index contributed by atoms with van der Waals surface area (Å²) in [5.41, 5.74) is 3.41. The molecule has 0 spiro atoms. The second-order valence-electron chi connectivity index (χ2n) is 7.58. The third-order valence-corrected chi connectivity index (χ3v) is 6.93. The van der Waals surface area contributed by atoms with E-state index in [0.29, 0.717) is 6.54 Å². The quantitative estimate of drug-likeness (QED) is 0.452. The molecule has 5 rings (SSSR count). The number of aromatic amines is 1. The lowest BCUT2D eigenvalue weighted by molar-refractivity contribution is -0.125. The fourth-order valence-corrected chi connectivity index (χ4v) is 5.36. The van der Waals surface area contributed by atoms with Crippen LogP contribution in [-0.4, -0.2) is 22.4 Å². The maximum absolute atomic E-state index is 13.0. The molecule has 0 saturated heterocycles. The Morgan fingerprint density at radius 2 is 1.93 bits per heavy atom. The molecule has 1 aliphatic rings. The third kappa shape index (κ3) is 3.58. The van der Waals surface area contributed by atoms with Gasteiger partial charge in [-0.3, -0.25) is 4.79 Å². The van der Waals surface area contributed by atoms with Gasteiger partial charge in [0.25, 0.3) is 0 Å². The van der Waals surface area contributed by atoms with Crippen molar-refractivity contribution in [3.63, 3.8) is 0 Å². The highest BCUT2D eigenvalue weighted by atomic mass is 32.1. The van der Waals surface area contributed by atoms with Gasteiger partial charge in [-0.15, -0.1) is 11.3 Å². The van der Waals surface area contributed by atoms with Crippen molar-refractivity contribution in [3.8, 4) is 0 Å². The number of H-pyrrole nitrogens is 1. The van der Waals surface area contributed by atoms with Crippen LogP contribution in [0.2, 0.25) is 0 Å². The molecular formula is C24H23N3OS. The number of rotatable bonds is 5. The molecule has 0 aliphatic heterocycles. The van der Waals surface area contributed by atoms with Gasteiger partial charge in [0, 0.05) is 29.6 Å². The number of para-hydroxylation sites is 2. The van der Waals surface area contributed by atoms with Crippen LogP contribution in [0, 0.1) is 5.92 Å². The summed E-state index contributed by atoms with van der Waals surface area (Å²) in [6, 6.07) is 16.5. The number of nitrogens with one attached hydrogen (secondary N) is 2. The van der Waals surface area contributed by atoms with Crippen LogP contribution in [0.15, 0.2) is 66.9 Å². The predicted molar refractivity (Wildman–Crippen MR) is 119 cm³/mol. The van der Waals surface area contributed by atoms with Gasteiger partial charge in [-0.2, -0.15) is 0 Å². The highest BCUT2D eigenvalue weighted by Crippen LogP contribution is 2.38. The molecule has 2 atom stereocenters. The number of hydrogen-bond acceptors (Lipinski definition) is 3. The highest BCUT2D eigenvalue weighted by molar-refractivity contribution is 7.18. The standard InChI is InChI=1S/C24H23N3OS/c28-23(25-14-13-16-15-26-20-10-4-3-7-17(16)20)18-8-1-2-9-19(18)24-27-21-11-5-6-12-22(21)29-24/h1-7,10-12,15,18-19,26H,8-9,13-14H2,(H,25,28). The van der Waals surface area contributed by atoms with Crippen LogP contribution in [0.25, 0.3) is 21.1 Å². The van der Waals surface area contributed by atoms with Gasteiger partial charge in [0.2, 0.25) is 5.91 Å². The van der Waals surface area contributed by atoms with E-state index in [1.54, 1.807) is 11.3 Å². The molecule has 0 fully saturated rings. The first-order valence-corrected chi connectivity index (χ1v) is 10.9. The van der Waals surface area contributed by atoms with E-state index in [0.717, 1.165) is 35.3 Å². The van der Waals surface area contributed by atoms with E-state index >= 15 is 0 Å². The van der Waals surface area contributed by atoms with Gasteiger partial charge in [0.05, 0.1) is 21.1 Å². The van der Waals surface area contributed by atoms with Crippen LogP contribution in [0.5, 0.6) is 0 Å². The van der Waals surface area contributed by atoms with Gasteiger partial charge in [-0.25, -0.2) is 4.98 Å². The Morgan fingerprint density at radius 3 is 2.86 bits per heavy atom. The molecule has 29 heavy (non-hydrogen) atoms. The number of allylic oxidation sites excluding steroid dienone is 2. The minimum Gasteiger partial charge on any atom is -0.361 e. The van der Waals surface area contributed by atoms with Crippen molar-refractivity contribution in [3.05, 3.63) is 77.5 Å². The van der Waals surface area contributed by atoms with Crippen LogP contribution in [-0.2, 0) is 11.2 Å². The Labute approximate surface area is 173 Å². The van der Waals surface area contributed by atoms with E-state index < -0.39 is 0 Å². The molecule has 2 N–H and O–H groups in total. The van der Waals surface area contributed by atoms with Crippen LogP contribution in [0.1, 0.15) is 29.3 Å². The molecule has 4 aromatic rings. The van der Waals surface area contributed by atoms with Crippen molar-refractivity contribution in [2.75, 3.05) is 6.54 Å². The van der Waals surface area contributed by atoms with Gasteiger partial charge >= 0.3 is 0 Å². The van der Waals surface area contributed by atoms with Crippen LogP contribution in [0.3, 0.4) is 0 Å². The highest BCUT2D eigenvalue weighted by Gasteiger charge is 2.32. The monoisotopic (exact) mass is 401 g/mol. The summed E-state index contributed by atoms with van der Waals surface area (Å²) in [7, 11) is 0. The molecule has 146 valence electrons.